The molecule has 0 bridgehead atoms. The molecule has 0 aliphatic carbocycles. The fourth-order valence-corrected chi connectivity index (χ4v) is 1.41. The summed E-state index contributed by atoms with van der Waals surface area (Å²) >= 11 is 0. The molecule has 1 aliphatic rings. The number of β-amino-alcohol motifs (C(OH)–C–C–N with tert-alkyl or cyclic N) is 1. The second-order valence-electron chi connectivity index (χ2n) is 3.25. The first-order chi connectivity index (χ1) is 6.75. The maximum Gasteiger partial charge on any atom is 0.241 e. The predicted molar refractivity (Wildman–Crippen MR) is 47.5 cm³/mol. The number of nitrogens with zero attached hydrogens (tertiary/aromatic N) is 1. The molecule has 0 spiro atoms. The molecule has 2 rings (SSSR count). The van der Waals surface area contributed by atoms with E-state index in [4.69, 9.17) is 0 Å². The molecule has 6 nitrogen and oxygen atoms in total. The quantitative estimate of drug-likeness (QED) is 0.585. The van der Waals surface area contributed by atoms with Crippen molar-refractivity contribution in [2.75, 3.05) is 11.9 Å². The molecule has 1 amide bonds. The molecule has 76 valence electrons. The Kier molecular flexibility index (Phi) is 2.47. The van der Waals surface area contributed by atoms with Gasteiger partial charge in [-0.15, -0.1) is 0 Å². The normalized spacial score (nSPS) is 26.4. The SMILES string of the molecule is O=C(Nc1cnoc1)C1CC(O)CN1. The summed E-state index contributed by atoms with van der Waals surface area (Å²) in [7, 11) is 0. The van der Waals surface area contributed by atoms with Crippen molar-refractivity contribution in [2.24, 2.45) is 0 Å². The zero-order valence-corrected chi connectivity index (χ0v) is 7.43. The van der Waals surface area contributed by atoms with Crippen LogP contribution < -0.4 is 10.6 Å². The zero-order chi connectivity index (χ0) is 9.97. The fraction of sp³-hybridized carbons (Fsp3) is 0.500. The average molecular weight is 197 g/mol. The van der Waals surface area contributed by atoms with Crippen LogP contribution in [0.3, 0.4) is 0 Å². The van der Waals surface area contributed by atoms with Crippen LogP contribution in [-0.4, -0.2) is 34.9 Å². The molecule has 6 heteroatoms. The molecule has 14 heavy (non-hydrogen) atoms. The number of aliphatic hydroxyl groups excluding tert-OH is 1. The Hall–Kier alpha value is -1.40. The van der Waals surface area contributed by atoms with E-state index in [-0.39, 0.29) is 11.9 Å². The van der Waals surface area contributed by atoms with E-state index in [1.54, 1.807) is 0 Å². The summed E-state index contributed by atoms with van der Waals surface area (Å²) in [6.07, 6.45) is 2.78. The monoisotopic (exact) mass is 197 g/mol. The van der Waals surface area contributed by atoms with Crippen LogP contribution >= 0.6 is 0 Å². The molecule has 1 saturated heterocycles. The molecular weight excluding hydrogens is 186 g/mol. The average Bonchev–Trinajstić information content (AvgIpc) is 2.75. The van der Waals surface area contributed by atoms with Crippen molar-refractivity contribution in [3.63, 3.8) is 0 Å². The Bertz CT molecular complexity index is 312. The summed E-state index contributed by atoms with van der Waals surface area (Å²) in [6, 6.07) is -0.333. The molecule has 1 aromatic rings. The minimum Gasteiger partial charge on any atom is -0.392 e. The van der Waals surface area contributed by atoms with Gasteiger partial charge in [0.1, 0.15) is 12.0 Å². The number of aromatic nitrogens is 1. The molecular formula is C8H11N3O3. The standard InChI is InChI=1S/C8H11N3O3/c12-6-1-7(9-3-6)8(13)11-5-2-10-14-4-5/h2,4,6-7,9,12H,1,3H2,(H,11,13). The summed E-state index contributed by atoms with van der Waals surface area (Å²) in [4.78, 5) is 11.5. The van der Waals surface area contributed by atoms with Crippen LogP contribution in [0.1, 0.15) is 6.42 Å². The number of carbonyl (C=O) groups excluding carboxylic acids is 1. The van der Waals surface area contributed by atoms with Crippen LogP contribution in [0.15, 0.2) is 17.0 Å². The highest BCUT2D eigenvalue weighted by molar-refractivity contribution is 5.94. The summed E-state index contributed by atoms with van der Waals surface area (Å²) in [5, 5.41) is 18.2. The van der Waals surface area contributed by atoms with E-state index >= 15 is 0 Å². The lowest BCUT2D eigenvalue weighted by atomic mass is 10.2. The first-order valence-electron chi connectivity index (χ1n) is 4.37. The third-order valence-electron chi connectivity index (χ3n) is 2.12. The highest BCUT2D eigenvalue weighted by Crippen LogP contribution is 2.10. The van der Waals surface area contributed by atoms with Crippen molar-refractivity contribution in [1.82, 2.24) is 10.5 Å². The molecule has 2 heterocycles. The van der Waals surface area contributed by atoms with E-state index in [9.17, 15) is 9.90 Å². The second kappa shape index (κ2) is 3.77. The summed E-state index contributed by atoms with van der Waals surface area (Å²) in [5.74, 6) is -0.176. The van der Waals surface area contributed by atoms with Gasteiger partial charge >= 0.3 is 0 Å². The maximum atomic E-state index is 11.5. The van der Waals surface area contributed by atoms with Gasteiger partial charge in [-0.25, -0.2) is 0 Å². The van der Waals surface area contributed by atoms with Crippen molar-refractivity contribution >= 4 is 11.6 Å². The number of amides is 1. The van der Waals surface area contributed by atoms with E-state index in [0.29, 0.717) is 18.7 Å². The number of rotatable bonds is 2. The van der Waals surface area contributed by atoms with Crippen molar-refractivity contribution in [2.45, 2.75) is 18.6 Å². The van der Waals surface area contributed by atoms with E-state index in [1.807, 2.05) is 0 Å². The number of hydrogen-bond acceptors (Lipinski definition) is 5. The second-order valence-corrected chi connectivity index (χ2v) is 3.25. The maximum absolute atomic E-state index is 11.5. The Morgan fingerprint density at radius 1 is 1.79 bits per heavy atom. The van der Waals surface area contributed by atoms with Crippen molar-refractivity contribution in [1.29, 1.82) is 0 Å². The lowest BCUT2D eigenvalue weighted by molar-refractivity contribution is -0.117. The van der Waals surface area contributed by atoms with Gasteiger partial charge in [-0.3, -0.25) is 4.79 Å². The van der Waals surface area contributed by atoms with Crippen LogP contribution in [0.4, 0.5) is 5.69 Å². The number of carbonyl (C=O) groups is 1. The minimum absolute atomic E-state index is 0.176. The van der Waals surface area contributed by atoms with Crippen molar-refractivity contribution < 1.29 is 14.4 Å². The number of hydrogen-bond donors (Lipinski definition) is 3. The van der Waals surface area contributed by atoms with Gasteiger partial charge in [0.05, 0.1) is 18.3 Å². The molecule has 1 fully saturated rings. The van der Waals surface area contributed by atoms with Crippen LogP contribution in [-0.2, 0) is 4.79 Å². The first-order valence-corrected chi connectivity index (χ1v) is 4.37. The molecule has 2 atom stereocenters. The minimum atomic E-state index is -0.437. The Morgan fingerprint density at radius 2 is 2.64 bits per heavy atom. The summed E-state index contributed by atoms with van der Waals surface area (Å²) in [6.45, 7) is 0.460. The van der Waals surface area contributed by atoms with Crippen LogP contribution in [0.25, 0.3) is 0 Å². The Morgan fingerprint density at radius 3 is 3.21 bits per heavy atom. The molecule has 1 aromatic heterocycles. The fourth-order valence-electron chi connectivity index (χ4n) is 1.41. The molecule has 0 radical (unpaired) electrons. The smallest absolute Gasteiger partial charge is 0.241 e. The van der Waals surface area contributed by atoms with Crippen molar-refractivity contribution in [3.05, 3.63) is 12.5 Å². The largest absolute Gasteiger partial charge is 0.392 e. The third kappa shape index (κ3) is 1.91. The Balaban J connectivity index is 1.90. The van der Waals surface area contributed by atoms with Crippen molar-refractivity contribution in [3.8, 4) is 0 Å². The van der Waals surface area contributed by atoms with Gasteiger partial charge in [-0.1, -0.05) is 5.16 Å². The molecule has 3 N–H and O–H groups in total. The van der Waals surface area contributed by atoms with Gasteiger partial charge < -0.3 is 20.3 Å². The lowest BCUT2D eigenvalue weighted by Gasteiger charge is -2.08. The number of nitrogens with one attached hydrogen (secondary N) is 2. The van der Waals surface area contributed by atoms with Crippen LogP contribution in [0.5, 0.6) is 0 Å². The molecule has 1 aliphatic heterocycles. The van der Waals surface area contributed by atoms with E-state index in [1.165, 1.54) is 12.5 Å². The van der Waals surface area contributed by atoms with Gasteiger partial charge in [0, 0.05) is 6.54 Å². The lowest BCUT2D eigenvalue weighted by Crippen LogP contribution is -2.35. The van der Waals surface area contributed by atoms with Gasteiger partial charge in [0.2, 0.25) is 5.91 Å². The zero-order valence-electron chi connectivity index (χ0n) is 7.43. The summed E-state index contributed by atoms with van der Waals surface area (Å²) in [5.41, 5.74) is 0.526. The van der Waals surface area contributed by atoms with Gasteiger partial charge in [-0.05, 0) is 6.42 Å². The summed E-state index contributed by atoms with van der Waals surface area (Å²) < 4.78 is 4.56. The molecule has 0 aromatic carbocycles. The van der Waals surface area contributed by atoms with Crippen LogP contribution in [0, 0.1) is 0 Å². The van der Waals surface area contributed by atoms with E-state index < -0.39 is 6.10 Å². The molecule has 0 saturated carbocycles. The van der Waals surface area contributed by atoms with E-state index in [0.717, 1.165) is 0 Å². The third-order valence-corrected chi connectivity index (χ3v) is 2.12. The topological polar surface area (TPSA) is 87.4 Å². The first kappa shape index (κ1) is 9.17. The number of anilines is 1. The van der Waals surface area contributed by atoms with Gasteiger partial charge in [0.25, 0.3) is 0 Å². The highest BCUT2D eigenvalue weighted by Gasteiger charge is 2.28. The number of aliphatic hydroxyl groups is 1. The van der Waals surface area contributed by atoms with Gasteiger partial charge in [-0.2, -0.15) is 0 Å². The Labute approximate surface area is 80.3 Å². The van der Waals surface area contributed by atoms with E-state index in [2.05, 4.69) is 20.3 Å². The molecule has 2 unspecified atom stereocenters. The predicted octanol–water partition coefficient (Wildman–Crippen LogP) is -0.664. The van der Waals surface area contributed by atoms with Crippen LogP contribution in [0.2, 0.25) is 0 Å². The van der Waals surface area contributed by atoms with Gasteiger partial charge in [0.15, 0.2) is 0 Å². The highest BCUT2D eigenvalue weighted by atomic mass is 16.5.